The molecule has 2 aliphatic rings. The first kappa shape index (κ1) is 20.8. The van der Waals surface area contributed by atoms with Crippen LogP contribution < -0.4 is 9.64 Å². The lowest BCUT2D eigenvalue weighted by Gasteiger charge is -2.37. The molecular formula is C25H24N4O4. The predicted octanol–water partition coefficient (Wildman–Crippen LogP) is 2.79. The zero-order valence-corrected chi connectivity index (χ0v) is 18.3. The Morgan fingerprint density at radius 2 is 1.67 bits per heavy atom. The number of ether oxygens (including phenoxy) is 1. The van der Waals surface area contributed by atoms with Gasteiger partial charge in [-0.25, -0.2) is 4.98 Å². The number of carbonyl (C=O) groups excluding carboxylic acids is 2. The highest BCUT2D eigenvalue weighted by atomic mass is 16.5. The summed E-state index contributed by atoms with van der Waals surface area (Å²) in [5, 5.41) is 0. The molecule has 33 heavy (non-hydrogen) atoms. The number of nitrogens with zero attached hydrogens (tertiary/aromatic N) is 4. The van der Waals surface area contributed by atoms with Gasteiger partial charge in [0, 0.05) is 37.9 Å². The highest BCUT2D eigenvalue weighted by Crippen LogP contribution is 2.37. The molecule has 4 heterocycles. The van der Waals surface area contributed by atoms with E-state index in [1.54, 1.807) is 31.5 Å². The van der Waals surface area contributed by atoms with Crippen LogP contribution in [0.2, 0.25) is 0 Å². The number of piperazine rings is 1. The van der Waals surface area contributed by atoms with Crippen molar-refractivity contribution < 1.29 is 18.7 Å². The summed E-state index contributed by atoms with van der Waals surface area (Å²) in [5.74, 6) is 1.35. The van der Waals surface area contributed by atoms with Crippen LogP contribution in [0.5, 0.6) is 5.75 Å². The Morgan fingerprint density at radius 3 is 2.36 bits per heavy atom. The largest absolute Gasteiger partial charge is 0.496 e. The van der Waals surface area contributed by atoms with Gasteiger partial charge in [0.2, 0.25) is 0 Å². The average Bonchev–Trinajstić information content (AvgIpc) is 3.47. The van der Waals surface area contributed by atoms with Crippen LogP contribution in [0, 0.1) is 0 Å². The number of anilines is 1. The van der Waals surface area contributed by atoms with Gasteiger partial charge in [0.15, 0.2) is 0 Å². The van der Waals surface area contributed by atoms with E-state index < -0.39 is 0 Å². The normalized spacial score (nSPS) is 16.7. The number of benzene rings is 1. The van der Waals surface area contributed by atoms with Gasteiger partial charge >= 0.3 is 0 Å². The Kier molecular flexibility index (Phi) is 5.56. The van der Waals surface area contributed by atoms with E-state index in [1.165, 1.54) is 11.2 Å². The second-order valence-corrected chi connectivity index (χ2v) is 7.86. The molecule has 8 nitrogen and oxygen atoms in total. The van der Waals surface area contributed by atoms with Crippen LogP contribution in [-0.4, -0.2) is 59.9 Å². The summed E-state index contributed by atoms with van der Waals surface area (Å²) in [7, 11) is 1.56. The minimum atomic E-state index is -0.344. The van der Waals surface area contributed by atoms with Crippen molar-refractivity contribution in [3.63, 3.8) is 0 Å². The third kappa shape index (κ3) is 3.84. The number of imide groups is 1. The van der Waals surface area contributed by atoms with Crippen molar-refractivity contribution in [3.05, 3.63) is 84.1 Å². The van der Waals surface area contributed by atoms with Crippen molar-refractivity contribution in [1.29, 1.82) is 0 Å². The van der Waals surface area contributed by atoms with Gasteiger partial charge in [-0.1, -0.05) is 24.3 Å². The molecule has 2 amide bonds. The number of hydrogen-bond donors (Lipinski definition) is 0. The average molecular weight is 444 g/mol. The Hall–Kier alpha value is -4.07. The molecule has 0 saturated carbocycles. The Labute approximate surface area is 191 Å². The lowest BCUT2D eigenvalue weighted by atomic mass is 10.0. The standard InChI is InChI=1S/C25H24N4O4/c1-32-20-9-3-2-8-19(20)22-23(25(31)29(24(22)30)17-18-7-6-16-33-18)28-14-12-27(13-15-28)21-10-4-5-11-26-21/h2-11,16H,12-15,17H2,1H3. The van der Waals surface area contributed by atoms with Crippen LogP contribution >= 0.6 is 0 Å². The molecule has 2 aliphatic heterocycles. The molecule has 3 aromatic rings. The fourth-order valence-corrected chi connectivity index (χ4v) is 4.35. The zero-order valence-electron chi connectivity index (χ0n) is 18.3. The number of para-hydroxylation sites is 1. The Morgan fingerprint density at radius 1 is 0.909 bits per heavy atom. The van der Waals surface area contributed by atoms with Crippen molar-refractivity contribution in [3.8, 4) is 5.75 Å². The van der Waals surface area contributed by atoms with Crippen LogP contribution in [0.25, 0.3) is 5.57 Å². The van der Waals surface area contributed by atoms with E-state index >= 15 is 0 Å². The van der Waals surface area contributed by atoms with E-state index in [2.05, 4.69) is 9.88 Å². The van der Waals surface area contributed by atoms with Gasteiger partial charge in [-0.2, -0.15) is 0 Å². The maximum atomic E-state index is 13.6. The maximum Gasteiger partial charge on any atom is 0.278 e. The summed E-state index contributed by atoms with van der Waals surface area (Å²) in [4.78, 5) is 37.0. The first-order chi connectivity index (χ1) is 16.2. The number of rotatable bonds is 6. The molecular weight excluding hydrogens is 420 g/mol. The van der Waals surface area contributed by atoms with Gasteiger partial charge in [-0.3, -0.25) is 14.5 Å². The van der Waals surface area contributed by atoms with E-state index in [1.807, 2.05) is 41.3 Å². The smallest absolute Gasteiger partial charge is 0.278 e. The SMILES string of the molecule is COc1ccccc1C1=C(N2CCN(c3ccccn3)CC2)C(=O)N(Cc2ccco2)C1=O. The molecule has 0 unspecified atom stereocenters. The van der Waals surface area contributed by atoms with Crippen LogP contribution in [0.4, 0.5) is 5.82 Å². The summed E-state index contributed by atoms with van der Waals surface area (Å²) in [6.07, 6.45) is 3.31. The highest BCUT2D eigenvalue weighted by Gasteiger charge is 2.43. The molecule has 0 bridgehead atoms. The number of pyridine rings is 1. The molecule has 1 fully saturated rings. The second kappa shape index (κ2) is 8.82. The summed E-state index contributed by atoms with van der Waals surface area (Å²) in [5.41, 5.74) is 1.40. The fraction of sp³-hybridized carbons (Fsp3) is 0.240. The third-order valence-electron chi connectivity index (χ3n) is 5.98. The van der Waals surface area contributed by atoms with Crippen LogP contribution in [0.15, 0.2) is 77.2 Å². The monoisotopic (exact) mass is 444 g/mol. The minimum Gasteiger partial charge on any atom is -0.496 e. The number of aromatic nitrogens is 1. The lowest BCUT2D eigenvalue weighted by Crippen LogP contribution is -2.47. The van der Waals surface area contributed by atoms with Crippen molar-refractivity contribution in [2.45, 2.75) is 6.54 Å². The first-order valence-corrected chi connectivity index (χ1v) is 10.8. The van der Waals surface area contributed by atoms with Gasteiger partial charge in [0.1, 0.15) is 23.0 Å². The fourth-order valence-electron chi connectivity index (χ4n) is 4.35. The lowest BCUT2D eigenvalue weighted by molar-refractivity contribution is -0.138. The van der Waals surface area contributed by atoms with Gasteiger partial charge in [0.05, 0.1) is 25.5 Å². The van der Waals surface area contributed by atoms with Crippen molar-refractivity contribution in [1.82, 2.24) is 14.8 Å². The number of hydrogen-bond acceptors (Lipinski definition) is 7. The number of furan rings is 1. The first-order valence-electron chi connectivity index (χ1n) is 10.8. The maximum absolute atomic E-state index is 13.6. The highest BCUT2D eigenvalue weighted by molar-refractivity contribution is 6.35. The van der Waals surface area contributed by atoms with Gasteiger partial charge in [-0.15, -0.1) is 0 Å². The van der Waals surface area contributed by atoms with E-state index in [0.29, 0.717) is 54.5 Å². The molecule has 0 N–H and O–H groups in total. The molecule has 0 radical (unpaired) electrons. The van der Waals surface area contributed by atoms with Crippen molar-refractivity contribution in [2.24, 2.45) is 0 Å². The topological polar surface area (TPSA) is 79.1 Å². The molecule has 0 atom stereocenters. The second-order valence-electron chi connectivity index (χ2n) is 7.86. The molecule has 168 valence electrons. The molecule has 1 saturated heterocycles. The number of carbonyl (C=O) groups is 2. The third-order valence-corrected chi connectivity index (χ3v) is 5.98. The molecule has 8 heteroatoms. The van der Waals surface area contributed by atoms with E-state index in [0.717, 1.165) is 5.82 Å². The van der Waals surface area contributed by atoms with E-state index in [9.17, 15) is 9.59 Å². The zero-order chi connectivity index (χ0) is 22.8. The van der Waals surface area contributed by atoms with Gasteiger partial charge in [-0.05, 0) is 30.3 Å². The van der Waals surface area contributed by atoms with Crippen LogP contribution in [0.3, 0.4) is 0 Å². The number of methoxy groups -OCH3 is 1. The number of amides is 2. The molecule has 2 aromatic heterocycles. The predicted molar refractivity (Wildman–Crippen MR) is 122 cm³/mol. The van der Waals surface area contributed by atoms with E-state index in [-0.39, 0.29) is 18.4 Å². The Bertz CT molecular complexity index is 1180. The molecule has 1 aromatic carbocycles. The summed E-state index contributed by atoms with van der Waals surface area (Å²) < 4.78 is 10.9. The van der Waals surface area contributed by atoms with Gasteiger partial charge < -0.3 is 19.0 Å². The van der Waals surface area contributed by atoms with Crippen LogP contribution in [0.1, 0.15) is 11.3 Å². The van der Waals surface area contributed by atoms with Crippen molar-refractivity contribution >= 4 is 23.2 Å². The van der Waals surface area contributed by atoms with Gasteiger partial charge in [0.25, 0.3) is 11.8 Å². The summed E-state index contributed by atoms with van der Waals surface area (Å²) in [6.45, 7) is 2.66. The summed E-state index contributed by atoms with van der Waals surface area (Å²) >= 11 is 0. The quantitative estimate of drug-likeness (QED) is 0.541. The minimum absolute atomic E-state index is 0.0840. The summed E-state index contributed by atoms with van der Waals surface area (Å²) in [6, 6.07) is 16.6. The van der Waals surface area contributed by atoms with Crippen molar-refractivity contribution in [2.75, 3.05) is 38.2 Å². The van der Waals surface area contributed by atoms with E-state index in [4.69, 9.17) is 9.15 Å². The molecule has 0 aliphatic carbocycles. The Balaban J connectivity index is 1.49. The molecule has 0 spiro atoms. The molecule has 5 rings (SSSR count). The van der Waals surface area contributed by atoms with Crippen LogP contribution in [-0.2, 0) is 16.1 Å².